The maximum absolute atomic E-state index is 11.9. The number of benzene rings is 2. The number of thioether (sulfide) groups is 1. The van der Waals surface area contributed by atoms with E-state index in [1.54, 1.807) is 30.3 Å². The summed E-state index contributed by atoms with van der Waals surface area (Å²) in [6.45, 7) is 0. The second-order valence-corrected chi connectivity index (χ2v) is 5.40. The average Bonchev–Trinajstić information content (AvgIpc) is 2.52. The van der Waals surface area contributed by atoms with Crippen LogP contribution in [-0.4, -0.2) is 22.7 Å². The van der Waals surface area contributed by atoms with Crippen LogP contribution in [0.3, 0.4) is 0 Å². The maximum Gasteiger partial charge on any atom is 0.330 e. The minimum absolute atomic E-state index is 0.181. The van der Waals surface area contributed by atoms with Crippen molar-refractivity contribution in [3.05, 3.63) is 66.2 Å². The number of nitrogens with one attached hydrogen (secondary N) is 1. The molecule has 0 unspecified atom stereocenters. The molecule has 21 heavy (non-hydrogen) atoms. The first-order chi connectivity index (χ1) is 10.2. The van der Waals surface area contributed by atoms with Crippen LogP contribution in [0.25, 0.3) is 0 Å². The van der Waals surface area contributed by atoms with Gasteiger partial charge in [0.2, 0.25) is 5.91 Å². The number of rotatable bonds is 6. The maximum atomic E-state index is 11.9. The fourth-order valence-corrected chi connectivity index (χ4v) is 2.53. The second-order valence-electron chi connectivity index (χ2n) is 4.35. The molecule has 0 heterocycles. The summed E-state index contributed by atoms with van der Waals surface area (Å²) in [5.74, 6) is -1.19. The van der Waals surface area contributed by atoms with Crippen molar-refractivity contribution in [1.29, 1.82) is 0 Å². The van der Waals surface area contributed by atoms with E-state index < -0.39 is 12.0 Å². The monoisotopic (exact) mass is 301 g/mol. The number of hydrogen-bond acceptors (Lipinski definition) is 3. The molecule has 4 nitrogen and oxygen atoms in total. The lowest BCUT2D eigenvalue weighted by Gasteiger charge is -2.14. The van der Waals surface area contributed by atoms with Gasteiger partial charge in [0.05, 0.1) is 5.75 Å². The summed E-state index contributed by atoms with van der Waals surface area (Å²) in [5, 5.41) is 11.8. The molecule has 2 rings (SSSR count). The second kappa shape index (κ2) is 7.50. The first-order valence-corrected chi connectivity index (χ1v) is 7.40. The molecule has 0 spiro atoms. The van der Waals surface area contributed by atoms with E-state index in [0.29, 0.717) is 5.56 Å². The van der Waals surface area contributed by atoms with E-state index in [2.05, 4.69) is 5.32 Å². The quantitative estimate of drug-likeness (QED) is 0.805. The predicted octanol–water partition coefficient (Wildman–Crippen LogP) is 2.72. The van der Waals surface area contributed by atoms with Crippen LogP contribution in [0.15, 0.2) is 65.6 Å². The van der Waals surface area contributed by atoms with Crippen LogP contribution in [0.4, 0.5) is 0 Å². The van der Waals surface area contributed by atoms with Gasteiger partial charge in [0.15, 0.2) is 6.04 Å². The molecule has 0 saturated heterocycles. The predicted molar refractivity (Wildman–Crippen MR) is 82.1 cm³/mol. The van der Waals surface area contributed by atoms with Gasteiger partial charge in [-0.05, 0) is 17.7 Å². The summed E-state index contributed by atoms with van der Waals surface area (Å²) in [4.78, 5) is 24.2. The minimum atomic E-state index is -1.07. The summed E-state index contributed by atoms with van der Waals surface area (Å²) in [6.07, 6.45) is 0. The number of carboxylic acids is 1. The summed E-state index contributed by atoms with van der Waals surface area (Å²) in [7, 11) is 0. The van der Waals surface area contributed by atoms with Gasteiger partial charge in [-0.15, -0.1) is 11.8 Å². The molecule has 108 valence electrons. The van der Waals surface area contributed by atoms with Crippen molar-refractivity contribution >= 4 is 23.6 Å². The van der Waals surface area contributed by atoms with Gasteiger partial charge in [-0.25, -0.2) is 4.79 Å². The Morgan fingerprint density at radius 1 is 1.00 bits per heavy atom. The van der Waals surface area contributed by atoms with Gasteiger partial charge in [0.1, 0.15) is 0 Å². The van der Waals surface area contributed by atoms with Gasteiger partial charge < -0.3 is 10.4 Å². The number of carbonyl (C=O) groups excluding carboxylic acids is 1. The lowest BCUT2D eigenvalue weighted by atomic mass is 10.1. The van der Waals surface area contributed by atoms with Crippen molar-refractivity contribution in [2.24, 2.45) is 0 Å². The molecule has 2 aromatic rings. The molecular formula is C16H15NO3S. The molecule has 0 aliphatic carbocycles. The van der Waals surface area contributed by atoms with E-state index >= 15 is 0 Å². The van der Waals surface area contributed by atoms with Gasteiger partial charge in [0, 0.05) is 4.90 Å². The molecule has 2 aromatic carbocycles. The Bertz CT molecular complexity index is 601. The van der Waals surface area contributed by atoms with Crippen molar-refractivity contribution in [3.8, 4) is 0 Å². The Morgan fingerprint density at radius 2 is 1.57 bits per heavy atom. The highest BCUT2D eigenvalue weighted by molar-refractivity contribution is 8.00. The topological polar surface area (TPSA) is 66.4 Å². The fourth-order valence-electron chi connectivity index (χ4n) is 1.80. The van der Waals surface area contributed by atoms with E-state index in [1.165, 1.54) is 11.8 Å². The third kappa shape index (κ3) is 4.65. The van der Waals surface area contributed by atoms with E-state index in [-0.39, 0.29) is 11.7 Å². The van der Waals surface area contributed by atoms with Gasteiger partial charge in [0.25, 0.3) is 0 Å². The number of carbonyl (C=O) groups is 2. The van der Waals surface area contributed by atoms with E-state index in [4.69, 9.17) is 0 Å². The molecule has 0 aromatic heterocycles. The normalized spacial score (nSPS) is 11.6. The number of carboxylic acid groups (broad SMARTS) is 1. The standard InChI is InChI=1S/C16H15NO3S/c18-14(11-21-13-9-5-2-6-10-13)17-15(16(19)20)12-7-3-1-4-8-12/h1-10,15H,11H2,(H,17,18)(H,19,20)/t15-/m0/s1. The van der Waals surface area contributed by atoms with Crippen LogP contribution in [0.5, 0.6) is 0 Å². The number of amides is 1. The molecule has 0 fully saturated rings. The minimum Gasteiger partial charge on any atom is -0.479 e. The first kappa shape index (κ1) is 15.1. The van der Waals surface area contributed by atoms with Crippen molar-refractivity contribution in [1.82, 2.24) is 5.32 Å². The average molecular weight is 301 g/mol. The zero-order valence-electron chi connectivity index (χ0n) is 11.2. The van der Waals surface area contributed by atoms with Gasteiger partial charge in [-0.1, -0.05) is 48.5 Å². The van der Waals surface area contributed by atoms with Crippen LogP contribution in [-0.2, 0) is 9.59 Å². The molecule has 0 radical (unpaired) electrons. The van der Waals surface area contributed by atoms with Crippen molar-refractivity contribution in [2.75, 3.05) is 5.75 Å². The molecule has 0 saturated carbocycles. The zero-order chi connectivity index (χ0) is 15.1. The smallest absolute Gasteiger partial charge is 0.330 e. The molecule has 2 N–H and O–H groups in total. The SMILES string of the molecule is O=C(CSc1ccccc1)N[C@H](C(=O)O)c1ccccc1. The van der Waals surface area contributed by atoms with E-state index in [1.807, 2.05) is 30.3 Å². The van der Waals surface area contributed by atoms with Gasteiger partial charge in [-0.3, -0.25) is 4.79 Å². The molecule has 1 amide bonds. The molecule has 0 aliphatic heterocycles. The molecular weight excluding hydrogens is 286 g/mol. The first-order valence-electron chi connectivity index (χ1n) is 6.42. The van der Waals surface area contributed by atoms with Crippen LogP contribution in [0.1, 0.15) is 11.6 Å². The van der Waals surface area contributed by atoms with Crippen LogP contribution in [0, 0.1) is 0 Å². The van der Waals surface area contributed by atoms with Crippen molar-refractivity contribution in [2.45, 2.75) is 10.9 Å². The summed E-state index contributed by atoms with van der Waals surface area (Å²) >= 11 is 1.37. The third-order valence-corrected chi connectivity index (χ3v) is 3.81. The van der Waals surface area contributed by atoms with Crippen molar-refractivity contribution in [3.63, 3.8) is 0 Å². The zero-order valence-corrected chi connectivity index (χ0v) is 12.0. The van der Waals surface area contributed by atoms with Crippen LogP contribution in [0.2, 0.25) is 0 Å². The van der Waals surface area contributed by atoms with E-state index in [0.717, 1.165) is 4.90 Å². The largest absolute Gasteiger partial charge is 0.479 e. The van der Waals surface area contributed by atoms with Gasteiger partial charge in [-0.2, -0.15) is 0 Å². The van der Waals surface area contributed by atoms with E-state index in [9.17, 15) is 14.7 Å². The molecule has 1 atom stereocenters. The summed E-state index contributed by atoms with van der Waals surface area (Å²) in [5.41, 5.74) is 0.558. The summed E-state index contributed by atoms with van der Waals surface area (Å²) < 4.78 is 0. The Labute approximate surface area is 127 Å². The summed E-state index contributed by atoms with van der Waals surface area (Å²) in [6, 6.07) is 17.1. The van der Waals surface area contributed by atoms with Gasteiger partial charge >= 0.3 is 5.97 Å². The third-order valence-electron chi connectivity index (χ3n) is 2.80. The number of hydrogen-bond donors (Lipinski definition) is 2. The molecule has 0 bridgehead atoms. The Balaban J connectivity index is 1.95. The van der Waals surface area contributed by atoms with Crippen LogP contribution >= 0.6 is 11.8 Å². The number of aliphatic carboxylic acids is 1. The highest BCUT2D eigenvalue weighted by Crippen LogP contribution is 2.18. The highest BCUT2D eigenvalue weighted by Gasteiger charge is 2.21. The van der Waals surface area contributed by atoms with Crippen LogP contribution < -0.4 is 5.32 Å². The van der Waals surface area contributed by atoms with Crippen molar-refractivity contribution < 1.29 is 14.7 Å². The Kier molecular flexibility index (Phi) is 5.40. The lowest BCUT2D eigenvalue weighted by molar-refractivity contribution is -0.141. The lowest BCUT2D eigenvalue weighted by Crippen LogP contribution is -2.34. The highest BCUT2D eigenvalue weighted by atomic mass is 32.2. The Morgan fingerprint density at radius 3 is 2.14 bits per heavy atom. The molecule has 5 heteroatoms. The fraction of sp³-hybridized carbons (Fsp3) is 0.125. The Hall–Kier alpha value is -2.27. The molecule has 0 aliphatic rings.